The first-order valence-electron chi connectivity index (χ1n) is 3.84. The summed E-state index contributed by atoms with van der Waals surface area (Å²) in [5.74, 6) is 1.02. The number of carbonyl (C=O) groups excluding carboxylic acids is 1. The van der Waals surface area contributed by atoms with E-state index in [1.807, 2.05) is 13.0 Å². The third kappa shape index (κ3) is 2.08. The van der Waals surface area contributed by atoms with Crippen molar-refractivity contribution < 1.29 is 4.79 Å². The molecule has 1 rings (SSSR count). The second kappa shape index (κ2) is 4.26. The van der Waals surface area contributed by atoms with Gasteiger partial charge in [0.2, 0.25) is 0 Å². The lowest BCUT2D eigenvalue weighted by Gasteiger charge is -2.01. The molecule has 0 amide bonds. The number of pyridine rings is 1. The topological polar surface area (TPSA) is 30.0 Å². The maximum atomic E-state index is 11.1. The highest BCUT2D eigenvalue weighted by molar-refractivity contribution is 7.99. The molecule has 0 radical (unpaired) electrons. The fraction of sp³-hybridized carbons (Fsp3) is 0.333. The van der Waals surface area contributed by atoms with Crippen molar-refractivity contribution in [2.75, 3.05) is 5.75 Å². The van der Waals surface area contributed by atoms with Crippen molar-refractivity contribution in [3.8, 4) is 0 Å². The van der Waals surface area contributed by atoms with Gasteiger partial charge in [0.05, 0.1) is 0 Å². The Hall–Kier alpha value is -0.830. The van der Waals surface area contributed by atoms with Crippen molar-refractivity contribution in [2.24, 2.45) is 0 Å². The van der Waals surface area contributed by atoms with Gasteiger partial charge in [-0.15, -0.1) is 11.8 Å². The van der Waals surface area contributed by atoms with Crippen LogP contribution in [0.1, 0.15) is 24.2 Å². The predicted molar refractivity (Wildman–Crippen MR) is 50.6 cm³/mol. The minimum Gasteiger partial charge on any atom is -0.294 e. The first kappa shape index (κ1) is 9.26. The maximum absolute atomic E-state index is 11.1. The molecule has 0 aliphatic rings. The van der Waals surface area contributed by atoms with E-state index in [9.17, 15) is 4.79 Å². The molecule has 0 aliphatic heterocycles. The lowest BCUT2D eigenvalue weighted by molar-refractivity contribution is 0.101. The Labute approximate surface area is 76.4 Å². The third-order valence-electron chi connectivity index (χ3n) is 1.43. The van der Waals surface area contributed by atoms with Gasteiger partial charge in [-0.05, 0) is 24.8 Å². The zero-order valence-corrected chi connectivity index (χ0v) is 8.02. The summed E-state index contributed by atoms with van der Waals surface area (Å²) < 4.78 is 0. The molecule has 0 bridgehead atoms. The van der Waals surface area contributed by atoms with Crippen molar-refractivity contribution >= 4 is 17.5 Å². The van der Waals surface area contributed by atoms with Crippen LogP contribution >= 0.6 is 11.8 Å². The van der Waals surface area contributed by atoms with E-state index in [2.05, 4.69) is 4.98 Å². The highest BCUT2D eigenvalue weighted by Gasteiger charge is 2.06. The quantitative estimate of drug-likeness (QED) is 0.529. The van der Waals surface area contributed by atoms with Gasteiger partial charge >= 0.3 is 0 Å². The smallest absolute Gasteiger partial charge is 0.162 e. The van der Waals surface area contributed by atoms with Crippen LogP contribution in [0.5, 0.6) is 0 Å². The lowest BCUT2D eigenvalue weighted by atomic mass is 10.2. The van der Waals surface area contributed by atoms with E-state index in [1.165, 1.54) is 0 Å². The number of hydrogen-bond acceptors (Lipinski definition) is 3. The van der Waals surface area contributed by atoms with E-state index in [0.717, 1.165) is 16.3 Å². The minimum absolute atomic E-state index is 0.0825. The SMILES string of the molecule is CCSc1ncccc1C(C)=O. The third-order valence-corrected chi connectivity index (χ3v) is 2.32. The van der Waals surface area contributed by atoms with E-state index in [4.69, 9.17) is 0 Å². The van der Waals surface area contributed by atoms with Crippen LogP contribution < -0.4 is 0 Å². The lowest BCUT2D eigenvalue weighted by Crippen LogP contribution is -1.96. The van der Waals surface area contributed by atoms with Gasteiger partial charge in [-0.3, -0.25) is 4.79 Å². The second-order valence-corrected chi connectivity index (χ2v) is 3.60. The van der Waals surface area contributed by atoms with Crippen LogP contribution in [-0.4, -0.2) is 16.5 Å². The van der Waals surface area contributed by atoms with Crippen LogP contribution in [0, 0.1) is 0 Å². The molecule has 0 aliphatic carbocycles. The van der Waals surface area contributed by atoms with Gasteiger partial charge in [0, 0.05) is 11.8 Å². The van der Waals surface area contributed by atoms with Gasteiger partial charge in [-0.2, -0.15) is 0 Å². The Balaban J connectivity index is 3.00. The first-order valence-corrected chi connectivity index (χ1v) is 4.83. The van der Waals surface area contributed by atoms with Crippen molar-refractivity contribution in [1.29, 1.82) is 0 Å². The summed E-state index contributed by atoms with van der Waals surface area (Å²) in [6.07, 6.45) is 1.71. The number of thioether (sulfide) groups is 1. The number of rotatable bonds is 3. The average molecular weight is 181 g/mol. The Morgan fingerprint density at radius 1 is 1.67 bits per heavy atom. The standard InChI is InChI=1S/C9H11NOS/c1-3-12-9-8(7(2)11)5-4-6-10-9/h4-6H,3H2,1-2H3. The molecule has 1 heterocycles. The van der Waals surface area contributed by atoms with Crippen LogP contribution in [0.3, 0.4) is 0 Å². The summed E-state index contributed by atoms with van der Waals surface area (Å²) in [6, 6.07) is 3.60. The molecule has 0 saturated carbocycles. The Morgan fingerprint density at radius 2 is 2.42 bits per heavy atom. The van der Waals surface area contributed by atoms with Crippen LogP contribution in [-0.2, 0) is 0 Å². The molecule has 0 fully saturated rings. The van der Waals surface area contributed by atoms with E-state index in [-0.39, 0.29) is 5.78 Å². The fourth-order valence-corrected chi connectivity index (χ4v) is 1.69. The van der Waals surface area contributed by atoms with Crippen LogP contribution in [0.4, 0.5) is 0 Å². The fourth-order valence-electron chi connectivity index (χ4n) is 0.910. The maximum Gasteiger partial charge on any atom is 0.162 e. The summed E-state index contributed by atoms with van der Waals surface area (Å²) in [5, 5.41) is 0.840. The monoisotopic (exact) mass is 181 g/mol. The summed E-state index contributed by atoms with van der Waals surface area (Å²) >= 11 is 1.60. The van der Waals surface area contributed by atoms with Crippen LogP contribution in [0.25, 0.3) is 0 Å². The Morgan fingerprint density at radius 3 is 3.00 bits per heavy atom. The summed E-state index contributed by atoms with van der Waals surface area (Å²) in [7, 11) is 0. The molecular weight excluding hydrogens is 170 g/mol. The van der Waals surface area contributed by atoms with Gasteiger partial charge in [-0.25, -0.2) is 4.98 Å². The molecule has 2 nitrogen and oxygen atoms in total. The number of hydrogen-bond donors (Lipinski definition) is 0. The summed E-state index contributed by atoms with van der Waals surface area (Å²) in [5.41, 5.74) is 0.726. The molecule has 0 atom stereocenters. The highest BCUT2D eigenvalue weighted by Crippen LogP contribution is 2.19. The zero-order valence-electron chi connectivity index (χ0n) is 7.20. The minimum atomic E-state index is 0.0825. The van der Waals surface area contributed by atoms with Gasteiger partial charge in [-0.1, -0.05) is 6.92 Å². The molecular formula is C9H11NOS. The molecule has 64 valence electrons. The second-order valence-electron chi connectivity index (χ2n) is 2.35. The van der Waals surface area contributed by atoms with E-state index >= 15 is 0 Å². The van der Waals surface area contributed by atoms with E-state index < -0.39 is 0 Å². The Bertz CT molecular complexity index is 286. The normalized spacial score (nSPS) is 9.83. The molecule has 0 unspecified atom stereocenters. The molecule has 0 aromatic carbocycles. The molecule has 0 N–H and O–H groups in total. The van der Waals surface area contributed by atoms with E-state index in [1.54, 1.807) is 30.9 Å². The summed E-state index contributed by atoms with van der Waals surface area (Å²) in [6.45, 7) is 3.61. The molecule has 1 aromatic rings. The average Bonchev–Trinajstić information content (AvgIpc) is 2.05. The predicted octanol–water partition coefficient (Wildman–Crippen LogP) is 2.40. The number of Topliss-reactive ketones (excluding diaryl/α,β-unsaturated/α-hetero) is 1. The van der Waals surface area contributed by atoms with Gasteiger partial charge in [0.1, 0.15) is 5.03 Å². The highest BCUT2D eigenvalue weighted by atomic mass is 32.2. The number of carbonyl (C=O) groups is 1. The van der Waals surface area contributed by atoms with Crippen molar-refractivity contribution in [3.63, 3.8) is 0 Å². The largest absolute Gasteiger partial charge is 0.294 e. The number of ketones is 1. The molecule has 0 saturated heterocycles. The zero-order chi connectivity index (χ0) is 8.97. The van der Waals surface area contributed by atoms with Crippen LogP contribution in [0.15, 0.2) is 23.4 Å². The van der Waals surface area contributed by atoms with Gasteiger partial charge in [0.25, 0.3) is 0 Å². The van der Waals surface area contributed by atoms with Crippen LogP contribution in [0.2, 0.25) is 0 Å². The molecule has 1 aromatic heterocycles. The van der Waals surface area contributed by atoms with Crippen molar-refractivity contribution in [1.82, 2.24) is 4.98 Å². The molecule has 12 heavy (non-hydrogen) atoms. The van der Waals surface area contributed by atoms with Gasteiger partial charge in [0.15, 0.2) is 5.78 Å². The molecule has 3 heteroatoms. The first-order chi connectivity index (χ1) is 5.75. The Kier molecular flexibility index (Phi) is 3.29. The number of aromatic nitrogens is 1. The number of nitrogens with zero attached hydrogens (tertiary/aromatic N) is 1. The van der Waals surface area contributed by atoms with E-state index in [0.29, 0.717) is 0 Å². The summed E-state index contributed by atoms with van der Waals surface area (Å²) in [4.78, 5) is 15.2. The molecule has 0 spiro atoms. The van der Waals surface area contributed by atoms with Crippen molar-refractivity contribution in [2.45, 2.75) is 18.9 Å². The van der Waals surface area contributed by atoms with Gasteiger partial charge < -0.3 is 0 Å². The van der Waals surface area contributed by atoms with Crippen molar-refractivity contribution in [3.05, 3.63) is 23.9 Å².